The second-order valence-electron chi connectivity index (χ2n) is 7.23. The lowest BCUT2D eigenvalue weighted by Crippen LogP contribution is -2.14. The van der Waals surface area contributed by atoms with Crippen LogP contribution in [0.15, 0.2) is 0 Å². The van der Waals surface area contributed by atoms with E-state index >= 15 is 0 Å². The van der Waals surface area contributed by atoms with Crippen LogP contribution >= 0.6 is 0 Å². The maximum Gasteiger partial charge on any atom is 0.305 e. The zero-order valence-corrected chi connectivity index (χ0v) is 16.4. The summed E-state index contributed by atoms with van der Waals surface area (Å²) in [5, 5.41) is 9.03. The maximum atomic E-state index is 11.3. The second kappa shape index (κ2) is 18.8. The number of aliphatic hydroxyl groups is 1. The second-order valence-corrected chi connectivity index (χ2v) is 7.23. The lowest BCUT2D eigenvalue weighted by Gasteiger charge is -2.06. The molecular weight excluding hydrogens is 300 g/mol. The van der Waals surface area contributed by atoms with Crippen molar-refractivity contribution in [2.75, 3.05) is 6.61 Å². The average molecular weight is 343 g/mol. The molecule has 1 N–H and O–H groups in total. The zero-order chi connectivity index (χ0) is 17.9. The van der Waals surface area contributed by atoms with Crippen molar-refractivity contribution in [2.24, 2.45) is 0 Å². The van der Waals surface area contributed by atoms with Gasteiger partial charge in [-0.3, -0.25) is 4.79 Å². The Morgan fingerprint density at radius 3 is 1.50 bits per heavy atom. The van der Waals surface area contributed by atoms with Crippen LogP contribution in [0.1, 0.15) is 117 Å². The van der Waals surface area contributed by atoms with E-state index in [4.69, 9.17) is 9.84 Å². The Morgan fingerprint density at radius 2 is 1.12 bits per heavy atom. The molecule has 0 amide bonds. The van der Waals surface area contributed by atoms with E-state index in [1.165, 1.54) is 83.5 Å². The van der Waals surface area contributed by atoms with Crippen molar-refractivity contribution in [3.05, 3.63) is 0 Å². The van der Waals surface area contributed by atoms with Gasteiger partial charge in [0.25, 0.3) is 0 Å². The molecule has 0 unspecified atom stereocenters. The number of carbonyl (C=O) groups is 1. The molecule has 0 fully saturated rings. The van der Waals surface area contributed by atoms with E-state index in [1.807, 2.05) is 0 Å². The molecule has 0 aliphatic heterocycles. The number of hydrogen-bond acceptors (Lipinski definition) is 3. The molecule has 24 heavy (non-hydrogen) atoms. The normalized spacial score (nSPS) is 12.3. The molecule has 0 saturated heterocycles. The molecule has 144 valence electrons. The standard InChI is InChI=1S/C21H42O3/c1-3-4-5-6-7-8-9-10-11-12-13-14-15-16-17-18-21(23)24-19-20(2)22/h20,22H,3-19H2,1-2H3/t20-/m1/s1. The first-order chi connectivity index (χ1) is 11.7. The molecule has 0 heterocycles. The van der Waals surface area contributed by atoms with Crippen molar-refractivity contribution in [3.8, 4) is 0 Å². The van der Waals surface area contributed by atoms with Crippen LogP contribution in [0.5, 0.6) is 0 Å². The Labute approximate surface area is 150 Å². The van der Waals surface area contributed by atoms with Gasteiger partial charge in [0.1, 0.15) is 6.61 Å². The summed E-state index contributed by atoms with van der Waals surface area (Å²) in [6, 6.07) is 0. The molecule has 0 aliphatic rings. The summed E-state index contributed by atoms with van der Waals surface area (Å²) in [4.78, 5) is 11.3. The first-order valence-electron chi connectivity index (χ1n) is 10.5. The van der Waals surface area contributed by atoms with Crippen molar-refractivity contribution < 1.29 is 14.6 Å². The minimum Gasteiger partial charge on any atom is -0.463 e. The van der Waals surface area contributed by atoms with Gasteiger partial charge in [0.15, 0.2) is 0 Å². The van der Waals surface area contributed by atoms with Gasteiger partial charge in [-0.15, -0.1) is 0 Å². The minimum absolute atomic E-state index is 0.123. The summed E-state index contributed by atoms with van der Waals surface area (Å²) in [6.07, 6.45) is 19.8. The lowest BCUT2D eigenvalue weighted by atomic mass is 10.0. The van der Waals surface area contributed by atoms with E-state index in [0.29, 0.717) is 6.42 Å². The van der Waals surface area contributed by atoms with Crippen LogP contribution in [0.4, 0.5) is 0 Å². The Bertz CT molecular complexity index is 264. The largest absolute Gasteiger partial charge is 0.463 e. The van der Waals surface area contributed by atoms with Crippen molar-refractivity contribution in [1.82, 2.24) is 0 Å². The fraction of sp³-hybridized carbons (Fsp3) is 0.952. The molecule has 0 aliphatic carbocycles. The summed E-state index contributed by atoms with van der Waals surface area (Å²) < 4.78 is 4.93. The third kappa shape index (κ3) is 19.5. The number of carbonyl (C=O) groups excluding carboxylic acids is 1. The lowest BCUT2D eigenvalue weighted by molar-refractivity contribution is -0.146. The monoisotopic (exact) mass is 342 g/mol. The number of aliphatic hydroxyl groups excluding tert-OH is 1. The van der Waals surface area contributed by atoms with Crippen LogP contribution in [0.2, 0.25) is 0 Å². The van der Waals surface area contributed by atoms with Gasteiger partial charge in [-0.05, 0) is 13.3 Å². The van der Waals surface area contributed by atoms with Gasteiger partial charge in [-0.1, -0.05) is 96.8 Å². The fourth-order valence-electron chi connectivity index (χ4n) is 2.93. The maximum absolute atomic E-state index is 11.3. The summed E-state index contributed by atoms with van der Waals surface area (Å²) in [6.45, 7) is 4.02. The van der Waals surface area contributed by atoms with Crippen LogP contribution in [0.25, 0.3) is 0 Å². The molecule has 3 heteroatoms. The zero-order valence-electron chi connectivity index (χ0n) is 16.4. The first-order valence-corrected chi connectivity index (χ1v) is 10.5. The molecule has 0 bridgehead atoms. The predicted octanol–water partition coefficient (Wildman–Crippen LogP) is 6.17. The molecule has 0 aromatic heterocycles. The smallest absolute Gasteiger partial charge is 0.305 e. The third-order valence-corrected chi connectivity index (χ3v) is 4.47. The number of ether oxygens (including phenoxy) is 1. The molecule has 0 aromatic rings. The van der Waals surface area contributed by atoms with Gasteiger partial charge in [0, 0.05) is 6.42 Å². The van der Waals surface area contributed by atoms with Crippen LogP contribution in [-0.2, 0) is 9.53 Å². The molecular formula is C21H42O3. The van der Waals surface area contributed by atoms with E-state index in [9.17, 15) is 4.79 Å². The van der Waals surface area contributed by atoms with Crippen LogP contribution in [-0.4, -0.2) is 23.8 Å². The van der Waals surface area contributed by atoms with E-state index in [-0.39, 0.29) is 12.6 Å². The molecule has 0 spiro atoms. The fourth-order valence-corrected chi connectivity index (χ4v) is 2.93. The molecule has 0 saturated carbocycles. The van der Waals surface area contributed by atoms with Gasteiger partial charge in [0.05, 0.1) is 6.10 Å². The SMILES string of the molecule is CCCCCCCCCCCCCCCCCC(=O)OC[C@@H](C)O. The van der Waals surface area contributed by atoms with Crippen molar-refractivity contribution in [1.29, 1.82) is 0 Å². The Morgan fingerprint density at radius 1 is 0.750 bits per heavy atom. The van der Waals surface area contributed by atoms with Gasteiger partial charge in [0.2, 0.25) is 0 Å². The van der Waals surface area contributed by atoms with Crippen molar-refractivity contribution >= 4 is 5.97 Å². The average Bonchev–Trinajstić information content (AvgIpc) is 2.56. The van der Waals surface area contributed by atoms with E-state index in [1.54, 1.807) is 6.92 Å². The molecule has 0 radical (unpaired) electrons. The predicted molar refractivity (Wildman–Crippen MR) is 102 cm³/mol. The topological polar surface area (TPSA) is 46.5 Å². The van der Waals surface area contributed by atoms with Gasteiger partial charge in [-0.25, -0.2) is 0 Å². The quantitative estimate of drug-likeness (QED) is 0.239. The third-order valence-electron chi connectivity index (χ3n) is 4.47. The molecule has 1 atom stereocenters. The highest BCUT2D eigenvalue weighted by Crippen LogP contribution is 2.13. The summed E-state index contributed by atoms with van der Waals surface area (Å²) in [5.74, 6) is -0.175. The van der Waals surface area contributed by atoms with E-state index in [2.05, 4.69) is 6.92 Å². The van der Waals surface area contributed by atoms with Crippen LogP contribution in [0.3, 0.4) is 0 Å². The summed E-state index contributed by atoms with van der Waals surface area (Å²) in [5.41, 5.74) is 0. The minimum atomic E-state index is -0.560. The number of unbranched alkanes of at least 4 members (excludes halogenated alkanes) is 14. The van der Waals surface area contributed by atoms with Crippen molar-refractivity contribution in [2.45, 2.75) is 123 Å². The van der Waals surface area contributed by atoms with E-state index in [0.717, 1.165) is 12.8 Å². The Hall–Kier alpha value is -0.570. The van der Waals surface area contributed by atoms with Crippen molar-refractivity contribution in [3.63, 3.8) is 0 Å². The van der Waals surface area contributed by atoms with Crippen LogP contribution < -0.4 is 0 Å². The molecule has 0 aromatic carbocycles. The number of rotatable bonds is 18. The summed E-state index contributed by atoms with van der Waals surface area (Å²) in [7, 11) is 0. The highest BCUT2D eigenvalue weighted by molar-refractivity contribution is 5.69. The molecule has 0 rings (SSSR count). The van der Waals surface area contributed by atoms with Gasteiger partial charge >= 0.3 is 5.97 Å². The molecule has 3 nitrogen and oxygen atoms in total. The highest BCUT2D eigenvalue weighted by atomic mass is 16.5. The van der Waals surface area contributed by atoms with Gasteiger partial charge in [-0.2, -0.15) is 0 Å². The number of hydrogen-bond donors (Lipinski definition) is 1. The Kier molecular flexibility index (Phi) is 18.3. The van der Waals surface area contributed by atoms with E-state index < -0.39 is 6.10 Å². The van der Waals surface area contributed by atoms with Gasteiger partial charge < -0.3 is 9.84 Å². The summed E-state index contributed by atoms with van der Waals surface area (Å²) >= 11 is 0. The number of esters is 1. The first kappa shape index (κ1) is 23.4. The Balaban J connectivity index is 3.08. The highest BCUT2D eigenvalue weighted by Gasteiger charge is 2.04. The van der Waals surface area contributed by atoms with Crippen LogP contribution in [0, 0.1) is 0 Å².